The van der Waals surface area contributed by atoms with Gasteiger partial charge >= 0.3 is 5.97 Å². The van der Waals surface area contributed by atoms with E-state index < -0.39 is 6.10 Å². The summed E-state index contributed by atoms with van der Waals surface area (Å²) in [5, 5.41) is 12.4. The van der Waals surface area contributed by atoms with Crippen molar-refractivity contribution in [1.29, 1.82) is 0 Å². The summed E-state index contributed by atoms with van der Waals surface area (Å²) >= 11 is 0. The van der Waals surface area contributed by atoms with Crippen LogP contribution in [0.25, 0.3) is 0 Å². The van der Waals surface area contributed by atoms with E-state index in [1.54, 1.807) is 0 Å². The monoisotopic (exact) mass is 159 g/mol. The van der Waals surface area contributed by atoms with E-state index in [2.05, 4.69) is 10.1 Å². The maximum absolute atomic E-state index is 10.7. The molecule has 0 radical (unpaired) electrons. The molecule has 0 aromatic rings. The molecule has 0 saturated carbocycles. The van der Waals surface area contributed by atoms with Crippen LogP contribution in [-0.4, -0.2) is 37.4 Å². The number of hydrogen-bond donors (Lipinski definition) is 2. The number of methoxy groups -OCH3 is 1. The van der Waals surface area contributed by atoms with E-state index in [1.807, 2.05) is 0 Å². The standard InChI is InChI=1S/C7H13NO3/c1-11-7(10)2-6(9)5-3-8-4-5/h5-6,8-9H,2-4H2,1H3/t6-/m1/s1. The molecule has 1 heterocycles. The van der Waals surface area contributed by atoms with Crippen LogP contribution < -0.4 is 5.32 Å². The Morgan fingerprint density at radius 2 is 2.45 bits per heavy atom. The van der Waals surface area contributed by atoms with Crippen molar-refractivity contribution in [2.45, 2.75) is 12.5 Å². The van der Waals surface area contributed by atoms with Gasteiger partial charge in [-0.3, -0.25) is 4.79 Å². The second kappa shape index (κ2) is 3.69. The summed E-state index contributed by atoms with van der Waals surface area (Å²) in [5.74, 6) is -0.113. The van der Waals surface area contributed by atoms with Crippen molar-refractivity contribution in [3.8, 4) is 0 Å². The summed E-state index contributed by atoms with van der Waals surface area (Å²) in [6.45, 7) is 1.61. The van der Waals surface area contributed by atoms with Crippen LogP contribution in [0.1, 0.15) is 6.42 Å². The van der Waals surface area contributed by atoms with Gasteiger partial charge in [0.2, 0.25) is 0 Å². The van der Waals surface area contributed by atoms with Gasteiger partial charge in [-0.05, 0) is 0 Å². The molecule has 1 aliphatic rings. The predicted octanol–water partition coefficient (Wildman–Crippen LogP) is -0.870. The maximum Gasteiger partial charge on any atom is 0.308 e. The van der Waals surface area contributed by atoms with Crippen LogP contribution in [0.2, 0.25) is 0 Å². The molecule has 1 aliphatic heterocycles. The summed E-state index contributed by atoms with van der Waals surface area (Å²) in [7, 11) is 1.33. The van der Waals surface area contributed by atoms with E-state index in [-0.39, 0.29) is 18.3 Å². The third-order valence-corrected chi connectivity index (χ3v) is 1.96. The second-order valence-corrected chi connectivity index (χ2v) is 2.77. The molecular weight excluding hydrogens is 146 g/mol. The average molecular weight is 159 g/mol. The zero-order valence-electron chi connectivity index (χ0n) is 6.54. The molecule has 1 fully saturated rings. The highest BCUT2D eigenvalue weighted by molar-refractivity contribution is 5.69. The quantitative estimate of drug-likeness (QED) is 0.525. The van der Waals surface area contributed by atoms with Crippen LogP contribution in [0.4, 0.5) is 0 Å². The first-order valence-electron chi connectivity index (χ1n) is 3.69. The number of nitrogens with one attached hydrogen (secondary N) is 1. The molecule has 1 rings (SSSR count). The molecule has 1 saturated heterocycles. The number of rotatable bonds is 3. The number of aliphatic hydroxyl groups excluding tert-OH is 1. The fourth-order valence-corrected chi connectivity index (χ4v) is 1.00. The normalized spacial score (nSPS) is 20.5. The Morgan fingerprint density at radius 1 is 1.82 bits per heavy atom. The summed E-state index contributed by atoms with van der Waals surface area (Å²) < 4.78 is 4.42. The molecule has 0 spiro atoms. The lowest BCUT2D eigenvalue weighted by Gasteiger charge is -2.30. The molecule has 0 unspecified atom stereocenters. The molecule has 64 valence electrons. The van der Waals surface area contributed by atoms with Gasteiger partial charge in [0.15, 0.2) is 0 Å². The van der Waals surface area contributed by atoms with Crippen LogP contribution in [0.5, 0.6) is 0 Å². The molecule has 11 heavy (non-hydrogen) atoms. The topological polar surface area (TPSA) is 58.6 Å². The first-order valence-corrected chi connectivity index (χ1v) is 3.69. The highest BCUT2D eigenvalue weighted by Gasteiger charge is 2.26. The molecule has 0 aromatic heterocycles. The van der Waals surface area contributed by atoms with Crippen molar-refractivity contribution in [2.24, 2.45) is 5.92 Å². The number of aliphatic hydroxyl groups is 1. The van der Waals surface area contributed by atoms with Gasteiger partial charge in [-0.2, -0.15) is 0 Å². The van der Waals surface area contributed by atoms with E-state index >= 15 is 0 Å². The fraction of sp³-hybridized carbons (Fsp3) is 0.857. The lowest BCUT2D eigenvalue weighted by Crippen LogP contribution is -2.49. The van der Waals surface area contributed by atoms with E-state index in [9.17, 15) is 9.90 Å². The number of esters is 1. The van der Waals surface area contributed by atoms with Gasteiger partial charge < -0.3 is 15.2 Å². The minimum atomic E-state index is -0.538. The Bertz CT molecular complexity index is 145. The number of carbonyl (C=O) groups is 1. The van der Waals surface area contributed by atoms with Gasteiger partial charge in [-0.25, -0.2) is 0 Å². The summed E-state index contributed by atoms with van der Waals surface area (Å²) in [5.41, 5.74) is 0. The average Bonchev–Trinajstić information content (AvgIpc) is 1.83. The smallest absolute Gasteiger partial charge is 0.308 e. The Labute approximate surface area is 65.5 Å². The van der Waals surface area contributed by atoms with Crippen LogP contribution in [0, 0.1) is 5.92 Å². The summed E-state index contributed by atoms with van der Waals surface area (Å²) in [6.07, 6.45) is -0.424. The molecule has 0 amide bonds. The van der Waals surface area contributed by atoms with E-state index in [0.29, 0.717) is 0 Å². The predicted molar refractivity (Wildman–Crippen MR) is 39.0 cm³/mol. The number of carbonyl (C=O) groups excluding carboxylic acids is 1. The van der Waals surface area contributed by atoms with Gasteiger partial charge in [-0.15, -0.1) is 0 Å². The SMILES string of the molecule is COC(=O)C[C@@H](O)C1CNC1. The minimum absolute atomic E-state index is 0.114. The summed E-state index contributed by atoms with van der Waals surface area (Å²) in [6, 6.07) is 0. The molecule has 2 N–H and O–H groups in total. The molecule has 0 aliphatic carbocycles. The molecule has 0 aromatic carbocycles. The van der Waals surface area contributed by atoms with Gasteiger partial charge in [0.05, 0.1) is 19.6 Å². The Balaban J connectivity index is 2.19. The van der Waals surface area contributed by atoms with Gasteiger partial charge in [0.25, 0.3) is 0 Å². The van der Waals surface area contributed by atoms with Gasteiger partial charge in [-0.1, -0.05) is 0 Å². The fourth-order valence-electron chi connectivity index (χ4n) is 1.00. The first-order chi connectivity index (χ1) is 5.24. The van der Waals surface area contributed by atoms with Gasteiger partial charge in [0.1, 0.15) is 0 Å². The molecule has 4 heteroatoms. The van der Waals surface area contributed by atoms with Crippen molar-refractivity contribution < 1.29 is 14.6 Å². The Morgan fingerprint density at radius 3 is 2.82 bits per heavy atom. The van der Waals surface area contributed by atoms with Crippen molar-refractivity contribution >= 4 is 5.97 Å². The molecular formula is C7H13NO3. The van der Waals surface area contributed by atoms with E-state index in [0.717, 1.165) is 13.1 Å². The highest BCUT2D eigenvalue weighted by atomic mass is 16.5. The van der Waals surface area contributed by atoms with Crippen molar-refractivity contribution in [2.75, 3.05) is 20.2 Å². The largest absolute Gasteiger partial charge is 0.469 e. The second-order valence-electron chi connectivity index (χ2n) is 2.77. The van der Waals surface area contributed by atoms with Crippen molar-refractivity contribution in [3.05, 3.63) is 0 Å². The molecule has 4 nitrogen and oxygen atoms in total. The van der Waals surface area contributed by atoms with Crippen LogP contribution in [0.15, 0.2) is 0 Å². The highest BCUT2D eigenvalue weighted by Crippen LogP contribution is 2.12. The zero-order chi connectivity index (χ0) is 8.27. The van der Waals surface area contributed by atoms with Crippen LogP contribution in [0.3, 0.4) is 0 Å². The Kier molecular flexibility index (Phi) is 2.84. The molecule has 1 atom stereocenters. The third kappa shape index (κ3) is 2.17. The molecule has 0 bridgehead atoms. The lowest BCUT2D eigenvalue weighted by molar-refractivity contribution is -0.143. The summed E-state index contributed by atoms with van der Waals surface area (Å²) in [4.78, 5) is 10.7. The van der Waals surface area contributed by atoms with Crippen molar-refractivity contribution in [3.63, 3.8) is 0 Å². The maximum atomic E-state index is 10.7. The zero-order valence-corrected chi connectivity index (χ0v) is 6.54. The minimum Gasteiger partial charge on any atom is -0.469 e. The van der Waals surface area contributed by atoms with Crippen LogP contribution in [-0.2, 0) is 9.53 Å². The first kappa shape index (κ1) is 8.49. The lowest BCUT2D eigenvalue weighted by atomic mass is 9.94. The van der Waals surface area contributed by atoms with Gasteiger partial charge in [0, 0.05) is 19.0 Å². The third-order valence-electron chi connectivity index (χ3n) is 1.96. The Hall–Kier alpha value is -0.610. The van der Waals surface area contributed by atoms with Crippen molar-refractivity contribution in [1.82, 2.24) is 5.32 Å². The van der Waals surface area contributed by atoms with E-state index in [4.69, 9.17) is 0 Å². The number of ether oxygens (including phenoxy) is 1. The van der Waals surface area contributed by atoms with E-state index in [1.165, 1.54) is 7.11 Å². The van der Waals surface area contributed by atoms with Crippen LogP contribution >= 0.6 is 0 Å². The number of hydrogen-bond acceptors (Lipinski definition) is 4.